The van der Waals surface area contributed by atoms with Gasteiger partial charge in [0.15, 0.2) is 0 Å². The molecule has 0 saturated carbocycles. The van der Waals surface area contributed by atoms with E-state index in [9.17, 15) is 4.79 Å². The normalized spacial score (nSPS) is 20.9. The predicted molar refractivity (Wildman–Crippen MR) is 81.0 cm³/mol. The highest BCUT2D eigenvalue weighted by Crippen LogP contribution is 2.26. The molecule has 5 nitrogen and oxygen atoms in total. The molecule has 21 heavy (non-hydrogen) atoms. The van der Waals surface area contributed by atoms with Gasteiger partial charge in [-0.1, -0.05) is 0 Å². The van der Waals surface area contributed by atoms with Gasteiger partial charge in [0, 0.05) is 31.4 Å². The van der Waals surface area contributed by atoms with Crippen molar-refractivity contribution in [1.82, 2.24) is 19.8 Å². The summed E-state index contributed by atoms with van der Waals surface area (Å²) >= 11 is 0. The highest BCUT2D eigenvalue weighted by atomic mass is 16.2. The monoisotopic (exact) mass is 288 g/mol. The van der Waals surface area contributed by atoms with E-state index in [0.29, 0.717) is 18.4 Å². The number of carbonyl (C=O) groups excluding carboxylic acids is 1. The van der Waals surface area contributed by atoms with Crippen LogP contribution in [0.15, 0.2) is 12.4 Å². The van der Waals surface area contributed by atoms with Crippen molar-refractivity contribution >= 4 is 5.91 Å². The topological polar surface area (TPSA) is 49.3 Å². The molecule has 1 amide bonds. The molecule has 2 aliphatic rings. The number of hydrogen-bond donors (Lipinski definition) is 0. The molecule has 2 fully saturated rings. The lowest BCUT2D eigenvalue weighted by Crippen LogP contribution is -2.42. The predicted octanol–water partition coefficient (Wildman–Crippen LogP) is 1.59. The van der Waals surface area contributed by atoms with E-state index < -0.39 is 0 Å². The summed E-state index contributed by atoms with van der Waals surface area (Å²) in [4.78, 5) is 25.3. The summed E-state index contributed by atoms with van der Waals surface area (Å²) in [5.74, 6) is 0.803. The average molecular weight is 288 g/mol. The SMILES string of the molecule is Cc1cncc(C2CCN(CC(=O)N3CCCC3)CC2)n1. The number of hydrogen-bond acceptors (Lipinski definition) is 4. The number of piperidine rings is 1. The first-order chi connectivity index (χ1) is 10.2. The Morgan fingerprint density at radius 3 is 2.57 bits per heavy atom. The third kappa shape index (κ3) is 3.59. The van der Waals surface area contributed by atoms with E-state index in [1.165, 1.54) is 12.8 Å². The van der Waals surface area contributed by atoms with E-state index in [-0.39, 0.29) is 0 Å². The molecule has 0 atom stereocenters. The second-order valence-electron chi connectivity index (χ2n) is 6.22. The Bertz CT molecular complexity index is 491. The fraction of sp³-hybridized carbons (Fsp3) is 0.688. The Morgan fingerprint density at radius 1 is 1.19 bits per heavy atom. The van der Waals surface area contributed by atoms with Gasteiger partial charge in [0.1, 0.15) is 0 Å². The third-order valence-corrected chi connectivity index (χ3v) is 4.60. The maximum atomic E-state index is 12.2. The van der Waals surface area contributed by atoms with Crippen LogP contribution in [0.1, 0.15) is 43.0 Å². The zero-order valence-electron chi connectivity index (χ0n) is 12.8. The van der Waals surface area contributed by atoms with Crippen molar-refractivity contribution in [2.75, 3.05) is 32.7 Å². The molecule has 0 aliphatic carbocycles. The molecule has 3 heterocycles. The van der Waals surface area contributed by atoms with Gasteiger partial charge in [-0.3, -0.25) is 19.7 Å². The molecule has 0 spiro atoms. The quantitative estimate of drug-likeness (QED) is 0.847. The van der Waals surface area contributed by atoms with Gasteiger partial charge in [0.05, 0.1) is 17.9 Å². The average Bonchev–Trinajstić information content (AvgIpc) is 3.02. The van der Waals surface area contributed by atoms with Crippen LogP contribution in [0.5, 0.6) is 0 Å². The minimum absolute atomic E-state index is 0.307. The first kappa shape index (κ1) is 14.4. The van der Waals surface area contributed by atoms with Crippen LogP contribution >= 0.6 is 0 Å². The molecule has 0 unspecified atom stereocenters. The first-order valence-electron chi connectivity index (χ1n) is 8.01. The van der Waals surface area contributed by atoms with E-state index in [2.05, 4.69) is 14.9 Å². The molecule has 0 N–H and O–H groups in total. The van der Waals surface area contributed by atoms with Crippen LogP contribution in [-0.2, 0) is 4.79 Å². The number of rotatable bonds is 3. The first-order valence-corrected chi connectivity index (χ1v) is 8.01. The van der Waals surface area contributed by atoms with Crippen molar-refractivity contribution < 1.29 is 4.79 Å². The minimum atomic E-state index is 0.307. The van der Waals surface area contributed by atoms with E-state index in [0.717, 1.165) is 50.4 Å². The van der Waals surface area contributed by atoms with Crippen LogP contribution in [0, 0.1) is 6.92 Å². The van der Waals surface area contributed by atoms with Gasteiger partial charge in [-0.05, 0) is 45.7 Å². The lowest BCUT2D eigenvalue weighted by molar-refractivity contribution is -0.131. The summed E-state index contributed by atoms with van der Waals surface area (Å²) in [5.41, 5.74) is 2.10. The van der Waals surface area contributed by atoms with E-state index in [4.69, 9.17) is 0 Å². The zero-order valence-corrected chi connectivity index (χ0v) is 12.8. The van der Waals surface area contributed by atoms with Crippen LogP contribution in [0.4, 0.5) is 0 Å². The van der Waals surface area contributed by atoms with Gasteiger partial charge in [-0.25, -0.2) is 0 Å². The molecule has 0 radical (unpaired) electrons. The van der Waals surface area contributed by atoms with Crippen LogP contribution in [-0.4, -0.2) is 58.4 Å². The number of amides is 1. The molecule has 1 aromatic rings. The minimum Gasteiger partial charge on any atom is -0.342 e. The van der Waals surface area contributed by atoms with Crippen molar-refractivity contribution in [1.29, 1.82) is 0 Å². The highest BCUT2D eigenvalue weighted by Gasteiger charge is 2.25. The molecule has 3 rings (SSSR count). The molecule has 0 aromatic carbocycles. The highest BCUT2D eigenvalue weighted by molar-refractivity contribution is 5.78. The molecule has 0 bridgehead atoms. The van der Waals surface area contributed by atoms with Crippen molar-refractivity contribution in [3.05, 3.63) is 23.8 Å². The Labute approximate surface area is 126 Å². The number of carbonyl (C=O) groups is 1. The lowest BCUT2D eigenvalue weighted by atomic mass is 9.93. The number of likely N-dealkylation sites (tertiary alicyclic amines) is 2. The van der Waals surface area contributed by atoms with E-state index in [1.807, 2.05) is 18.0 Å². The smallest absolute Gasteiger partial charge is 0.236 e. The van der Waals surface area contributed by atoms with Crippen LogP contribution in [0.25, 0.3) is 0 Å². The second-order valence-corrected chi connectivity index (χ2v) is 6.22. The molecular formula is C16H24N4O. The Hall–Kier alpha value is -1.49. The van der Waals surface area contributed by atoms with Crippen LogP contribution in [0.3, 0.4) is 0 Å². The van der Waals surface area contributed by atoms with Gasteiger partial charge < -0.3 is 4.90 Å². The fourth-order valence-electron chi connectivity index (χ4n) is 3.32. The summed E-state index contributed by atoms with van der Waals surface area (Å²) in [6.07, 6.45) is 8.17. The Morgan fingerprint density at radius 2 is 1.90 bits per heavy atom. The fourth-order valence-corrected chi connectivity index (χ4v) is 3.32. The van der Waals surface area contributed by atoms with Gasteiger partial charge in [0.2, 0.25) is 5.91 Å². The molecule has 114 valence electrons. The van der Waals surface area contributed by atoms with E-state index in [1.54, 1.807) is 6.20 Å². The Balaban J connectivity index is 1.49. The largest absolute Gasteiger partial charge is 0.342 e. The van der Waals surface area contributed by atoms with Gasteiger partial charge in [0.25, 0.3) is 0 Å². The van der Waals surface area contributed by atoms with Crippen molar-refractivity contribution in [3.63, 3.8) is 0 Å². The van der Waals surface area contributed by atoms with Gasteiger partial charge in [-0.2, -0.15) is 0 Å². The van der Waals surface area contributed by atoms with Crippen molar-refractivity contribution in [2.24, 2.45) is 0 Å². The van der Waals surface area contributed by atoms with Gasteiger partial charge in [-0.15, -0.1) is 0 Å². The van der Waals surface area contributed by atoms with Crippen LogP contribution in [0.2, 0.25) is 0 Å². The summed E-state index contributed by atoms with van der Waals surface area (Å²) in [6.45, 7) is 6.45. The molecule has 5 heteroatoms. The third-order valence-electron chi connectivity index (χ3n) is 4.60. The van der Waals surface area contributed by atoms with Crippen LogP contribution < -0.4 is 0 Å². The summed E-state index contributed by atoms with van der Waals surface area (Å²) < 4.78 is 0. The molecule has 2 aliphatic heterocycles. The second kappa shape index (κ2) is 6.52. The molecular weight excluding hydrogens is 264 g/mol. The van der Waals surface area contributed by atoms with Crippen molar-refractivity contribution in [3.8, 4) is 0 Å². The lowest BCUT2D eigenvalue weighted by Gasteiger charge is -2.32. The summed E-state index contributed by atoms with van der Waals surface area (Å²) in [7, 11) is 0. The molecule has 1 aromatic heterocycles. The number of nitrogens with zero attached hydrogens (tertiary/aromatic N) is 4. The standard InChI is InChI=1S/C16H24N4O/c1-13-10-17-11-15(18-13)14-4-8-19(9-5-14)12-16(21)20-6-2-3-7-20/h10-11,14H,2-9,12H2,1H3. The van der Waals surface area contributed by atoms with Gasteiger partial charge >= 0.3 is 0 Å². The Kier molecular flexibility index (Phi) is 4.48. The van der Waals surface area contributed by atoms with E-state index >= 15 is 0 Å². The number of aromatic nitrogens is 2. The van der Waals surface area contributed by atoms with Crippen molar-refractivity contribution in [2.45, 2.75) is 38.5 Å². The number of aryl methyl sites for hydroxylation is 1. The maximum Gasteiger partial charge on any atom is 0.236 e. The zero-order chi connectivity index (χ0) is 14.7. The summed E-state index contributed by atoms with van der Waals surface area (Å²) in [5, 5.41) is 0. The maximum absolute atomic E-state index is 12.2. The summed E-state index contributed by atoms with van der Waals surface area (Å²) in [6, 6.07) is 0. The molecule has 2 saturated heterocycles.